The average Bonchev–Trinajstić information content (AvgIpc) is 3.13. The van der Waals surface area contributed by atoms with Gasteiger partial charge in [-0.25, -0.2) is 9.79 Å². The molecule has 0 radical (unpaired) electrons. The molecule has 2 aromatic rings. The van der Waals surface area contributed by atoms with E-state index in [1.807, 2.05) is 36.7 Å². The van der Waals surface area contributed by atoms with Crippen LogP contribution in [0, 0.1) is 0 Å². The number of aliphatic imine (C=N–C) groups is 1. The van der Waals surface area contributed by atoms with Gasteiger partial charge in [-0.1, -0.05) is 11.8 Å². The van der Waals surface area contributed by atoms with Crippen LogP contribution >= 0.6 is 11.8 Å². The van der Waals surface area contributed by atoms with Crippen LogP contribution in [-0.2, 0) is 9.59 Å². The maximum absolute atomic E-state index is 12.6. The summed E-state index contributed by atoms with van der Waals surface area (Å²) in [6, 6.07) is 12.3. The van der Waals surface area contributed by atoms with Gasteiger partial charge in [-0.3, -0.25) is 10.1 Å². The van der Waals surface area contributed by atoms with Crippen LogP contribution in [0.3, 0.4) is 0 Å². The molecule has 2 aliphatic rings. The molecule has 8 heteroatoms. The van der Waals surface area contributed by atoms with Crippen molar-refractivity contribution in [2.75, 3.05) is 18.0 Å². The van der Waals surface area contributed by atoms with Crippen LogP contribution in [0.4, 0.5) is 11.4 Å². The van der Waals surface area contributed by atoms with Gasteiger partial charge in [-0.2, -0.15) is 4.99 Å². The van der Waals surface area contributed by atoms with Crippen molar-refractivity contribution >= 4 is 40.1 Å². The number of hydrogen-bond donors (Lipinski definition) is 1. The second kappa shape index (κ2) is 10.3. The number of quaternary nitrogens is 1. The van der Waals surface area contributed by atoms with Crippen LogP contribution in [0.25, 0.3) is 0 Å². The number of pyridine rings is 1. The third kappa shape index (κ3) is 5.75. The van der Waals surface area contributed by atoms with Crippen molar-refractivity contribution in [2.45, 2.75) is 50.8 Å². The first-order valence-electron chi connectivity index (χ1n) is 11.2. The highest BCUT2D eigenvalue weighted by atomic mass is 32.2. The monoisotopic (exact) mass is 452 g/mol. The lowest BCUT2D eigenvalue weighted by Crippen LogP contribution is -2.82. The molecular formula is C24H30N5O2S+. The summed E-state index contributed by atoms with van der Waals surface area (Å²) in [6.07, 6.45) is 7.81. The maximum Gasteiger partial charge on any atom is 0.317 e. The van der Waals surface area contributed by atoms with E-state index in [1.165, 1.54) is 36.7 Å². The Labute approximate surface area is 192 Å². The number of primary amides is 1. The molecule has 7 nitrogen and oxygen atoms in total. The normalized spacial score (nSPS) is 18.7. The van der Waals surface area contributed by atoms with E-state index in [1.54, 1.807) is 5.32 Å². The van der Waals surface area contributed by atoms with Gasteiger partial charge >= 0.3 is 5.91 Å². The number of piperidine rings is 1. The van der Waals surface area contributed by atoms with Crippen LogP contribution in [0.5, 0.6) is 0 Å². The van der Waals surface area contributed by atoms with Gasteiger partial charge in [0.15, 0.2) is 5.17 Å². The van der Waals surface area contributed by atoms with E-state index < -0.39 is 5.25 Å². The van der Waals surface area contributed by atoms with Gasteiger partial charge in [0.1, 0.15) is 10.9 Å². The first-order valence-corrected chi connectivity index (χ1v) is 12.1. The first-order chi connectivity index (χ1) is 15.5. The van der Waals surface area contributed by atoms with E-state index in [4.69, 9.17) is 0 Å². The number of aromatic nitrogens is 1. The molecule has 32 heavy (non-hydrogen) atoms. The summed E-state index contributed by atoms with van der Waals surface area (Å²) in [5.41, 5.74) is 2.06. The zero-order chi connectivity index (χ0) is 22.5. The molecule has 0 saturated carbocycles. The van der Waals surface area contributed by atoms with Gasteiger partial charge in [0, 0.05) is 49.3 Å². The second-order valence-electron chi connectivity index (χ2n) is 8.50. The third-order valence-electron chi connectivity index (χ3n) is 5.71. The summed E-state index contributed by atoms with van der Waals surface area (Å²) in [7, 11) is 0. The van der Waals surface area contributed by atoms with Crippen molar-refractivity contribution in [1.82, 2.24) is 4.57 Å². The number of nitrogens with zero attached hydrogens (tertiary/aromatic N) is 4. The quantitative estimate of drug-likeness (QED) is 0.707. The molecule has 0 aliphatic carbocycles. The van der Waals surface area contributed by atoms with Crippen molar-refractivity contribution < 1.29 is 14.9 Å². The molecule has 1 atom stereocenters. The molecule has 1 aromatic carbocycles. The topological polar surface area (TPSA) is 83.6 Å². The second-order valence-corrected chi connectivity index (χ2v) is 9.67. The highest BCUT2D eigenvalue weighted by Gasteiger charge is 2.32. The minimum Gasteiger partial charge on any atom is -0.372 e. The molecular weight excluding hydrogens is 422 g/mol. The van der Waals surface area contributed by atoms with E-state index in [0.717, 1.165) is 24.1 Å². The molecule has 2 N–H and O–H groups in total. The number of benzene rings is 1. The molecule has 1 aromatic heterocycles. The summed E-state index contributed by atoms with van der Waals surface area (Å²) in [5, 5.41) is 2.27. The molecule has 168 valence electrons. The lowest BCUT2D eigenvalue weighted by molar-refractivity contribution is -0.483. The van der Waals surface area contributed by atoms with Crippen LogP contribution in [0.2, 0.25) is 0 Å². The predicted octanol–water partition coefficient (Wildman–Crippen LogP) is 2.77. The van der Waals surface area contributed by atoms with Crippen molar-refractivity contribution in [3.05, 3.63) is 54.1 Å². The van der Waals surface area contributed by atoms with Gasteiger partial charge < -0.3 is 9.47 Å². The van der Waals surface area contributed by atoms with Gasteiger partial charge in [-0.05, 0) is 57.4 Å². The number of carbonyl (C=O) groups excluding carboxylic acids is 2. The number of amides is 2. The van der Waals surface area contributed by atoms with Crippen molar-refractivity contribution in [1.29, 1.82) is 0 Å². The average molecular weight is 453 g/mol. The van der Waals surface area contributed by atoms with Crippen LogP contribution in [0.15, 0.2) is 58.8 Å². The summed E-state index contributed by atoms with van der Waals surface area (Å²) in [4.78, 5) is 35.7. The molecule has 1 saturated heterocycles. The molecule has 3 heterocycles. The number of hydrogen-bond acceptors (Lipinski definition) is 5. The summed E-state index contributed by atoms with van der Waals surface area (Å²) in [6.45, 7) is 6.40. The highest BCUT2D eigenvalue weighted by molar-refractivity contribution is 8.15. The molecule has 4 rings (SSSR count). The Hall–Kier alpha value is -2.71. The van der Waals surface area contributed by atoms with Gasteiger partial charge in [-0.15, -0.1) is 0 Å². The first kappa shape index (κ1) is 22.5. The van der Waals surface area contributed by atoms with Gasteiger partial charge in [0.2, 0.25) is 0 Å². The largest absolute Gasteiger partial charge is 0.372 e. The molecule has 2 amide bonds. The van der Waals surface area contributed by atoms with Crippen LogP contribution in [-0.4, -0.2) is 39.9 Å². The fourth-order valence-corrected chi connectivity index (χ4v) is 4.83. The lowest BCUT2D eigenvalue weighted by atomic mass is 10.1. The Morgan fingerprint density at radius 1 is 1.12 bits per heavy atom. The Balaban J connectivity index is 1.31. The van der Waals surface area contributed by atoms with Crippen LogP contribution in [0.1, 0.15) is 45.6 Å². The highest BCUT2D eigenvalue weighted by Crippen LogP contribution is 2.25. The number of thioether (sulfide) groups is 1. The van der Waals surface area contributed by atoms with Gasteiger partial charge in [0.05, 0.1) is 11.8 Å². The summed E-state index contributed by atoms with van der Waals surface area (Å²) < 4.78 is 2.07. The minimum absolute atomic E-state index is 0.0734. The summed E-state index contributed by atoms with van der Waals surface area (Å²) in [5.74, 6) is -0.361. The lowest BCUT2D eigenvalue weighted by Gasteiger charge is -2.28. The Morgan fingerprint density at radius 2 is 1.81 bits per heavy atom. The predicted molar refractivity (Wildman–Crippen MR) is 128 cm³/mol. The fraction of sp³-hybridized carbons (Fsp3) is 0.417. The third-order valence-corrected chi connectivity index (χ3v) is 6.76. The fourth-order valence-electron chi connectivity index (χ4n) is 3.87. The van der Waals surface area contributed by atoms with E-state index in [2.05, 4.69) is 45.4 Å². The van der Waals surface area contributed by atoms with Crippen LogP contribution < -0.4 is 15.6 Å². The molecule has 0 spiro atoms. The van der Waals surface area contributed by atoms with Gasteiger partial charge in [0.25, 0.3) is 5.91 Å². The number of nitrogens with two attached hydrogens (primary N) is 1. The SMILES string of the molecule is CC(C)n1ccc(=NC2=NC(=O)C(CC(=O)[NH2+]c3ccc(N4CCCCC4)cc3)S2)cc1. The maximum atomic E-state index is 12.6. The Morgan fingerprint density at radius 3 is 2.47 bits per heavy atom. The van der Waals surface area contributed by atoms with E-state index in [0.29, 0.717) is 11.2 Å². The van der Waals surface area contributed by atoms with Crippen molar-refractivity contribution in [3.63, 3.8) is 0 Å². The van der Waals surface area contributed by atoms with Crippen molar-refractivity contribution in [2.24, 2.45) is 9.98 Å². The Kier molecular flexibility index (Phi) is 7.22. The molecule has 2 aliphatic heterocycles. The van der Waals surface area contributed by atoms with E-state index in [-0.39, 0.29) is 18.2 Å². The number of rotatable bonds is 5. The zero-order valence-corrected chi connectivity index (χ0v) is 19.4. The zero-order valence-electron chi connectivity index (χ0n) is 18.6. The number of amidine groups is 1. The smallest absolute Gasteiger partial charge is 0.317 e. The van der Waals surface area contributed by atoms with E-state index in [9.17, 15) is 9.59 Å². The number of anilines is 1. The Bertz CT molecular complexity index is 1050. The molecule has 1 unspecified atom stereocenters. The standard InChI is InChI=1S/C24H29N5O2S/c1-17(2)28-14-10-19(11-15-28)26-24-27-23(31)21(32-24)16-22(30)25-18-6-8-20(9-7-18)29-12-4-3-5-13-29/h6-11,14-15,17,21H,3-5,12-13,16H2,1-2H3,(H,25,30)/p+1. The summed E-state index contributed by atoms with van der Waals surface area (Å²) >= 11 is 1.26. The number of carbonyl (C=O) groups is 2. The molecule has 1 fully saturated rings. The van der Waals surface area contributed by atoms with E-state index >= 15 is 0 Å². The molecule has 0 bridgehead atoms. The minimum atomic E-state index is -0.505. The van der Waals surface area contributed by atoms with Crippen molar-refractivity contribution in [3.8, 4) is 0 Å².